The molecular formula is C11H11ClN2O3. The molecule has 1 aromatic carbocycles. The first-order chi connectivity index (χ1) is 8.08. The average Bonchev–Trinajstić information content (AvgIpc) is 2.64. The van der Waals surface area contributed by atoms with E-state index in [1.165, 1.54) is 12.1 Å². The van der Waals surface area contributed by atoms with Crippen molar-refractivity contribution in [3.8, 4) is 0 Å². The highest BCUT2D eigenvalue weighted by Gasteiger charge is 2.28. The van der Waals surface area contributed by atoms with Crippen LogP contribution in [0, 0.1) is 0 Å². The van der Waals surface area contributed by atoms with E-state index in [-0.39, 0.29) is 5.69 Å². The van der Waals surface area contributed by atoms with E-state index in [4.69, 9.17) is 22.1 Å². The smallest absolute Gasteiger partial charge is 0.328 e. The molecule has 6 heteroatoms. The molecule has 17 heavy (non-hydrogen) atoms. The zero-order chi connectivity index (χ0) is 12.4. The fourth-order valence-electron chi connectivity index (χ4n) is 1.60. The fraction of sp³-hybridized carbons (Fsp3) is 0.273. The minimum Gasteiger partial charge on any atom is -0.464 e. The Kier molecular flexibility index (Phi) is 3.19. The molecule has 1 aliphatic heterocycles. The molecular weight excluding hydrogens is 244 g/mol. The Hall–Kier alpha value is -1.75. The number of carbonyl (C=O) groups excluding carboxylic acids is 2. The summed E-state index contributed by atoms with van der Waals surface area (Å²) >= 11 is 5.73. The molecule has 1 amide bonds. The van der Waals surface area contributed by atoms with Crippen molar-refractivity contribution in [3.63, 3.8) is 0 Å². The second-order valence-electron chi connectivity index (χ2n) is 3.71. The lowest BCUT2D eigenvalue weighted by atomic mass is 10.1. The lowest BCUT2D eigenvalue weighted by molar-refractivity contribution is -0.139. The number of hydrogen-bond donors (Lipinski definition) is 2. The summed E-state index contributed by atoms with van der Waals surface area (Å²) in [4.78, 5) is 23.0. The van der Waals surface area contributed by atoms with Crippen molar-refractivity contribution in [1.29, 1.82) is 0 Å². The number of cyclic esters (lactones) is 1. The minimum absolute atomic E-state index is 0.279. The Labute approximate surface area is 103 Å². The number of rotatable bonds is 2. The van der Waals surface area contributed by atoms with Crippen LogP contribution in [0.5, 0.6) is 0 Å². The molecule has 0 aromatic heterocycles. The quantitative estimate of drug-likeness (QED) is 0.609. The Morgan fingerprint density at radius 2 is 2.29 bits per heavy atom. The van der Waals surface area contributed by atoms with E-state index < -0.39 is 17.9 Å². The number of carbonyl (C=O) groups is 2. The van der Waals surface area contributed by atoms with Gasteiger partial charge in [0, 0.05) is 17.1 Å². The van der Waals surface area contributed by atoms with Crippen LogP contribution < -0.4 is 11.1 Å². The number of ether oxygens (including phenoxy) is 1. The second-order valence-corrected chi connectivity index (χ2v) is 4.15. The first-order valence-electron chi connectivity index (χ1n) is 5.10. The molecule has 2 rings (SSSR count). The van der Waals surface area contributed by atoms with Gasteiger partial charge in [-0.25, -0.2) is 4.79 Å². The number of benzene rings is 1. The molecule has 1 aliphatic rings. The molecule has 0 spiro atoms. The molecule has 5 nitrogen and oxygen atoms in total. The molecule has 1 saturated heterocycles. The number of hydrogen-bond acceptors (Lipinski definition) is 4. The van der Waals surface area contributed by atoms with E-state index in [1.54, 1.807) is 6.07 Å². The van der Waals surface area contributed by atoms with E-state index in [9.17, 15) is 9.59 Å². The lowest BCUT2D eigenvalue weighted by Gasteiger charge is -2.10. The predicted octanol–water partition coefficient (Wildman–Crippen LogP) is 0.968. The fourth-order valence-corrected chi connectivity index (χ4v) is 1.78. The molecule has 1 heterocycles. The van der Waals surface area contributed by atoms with Crippen LogP contribution in [0.3, 0.4) is 0 Å². The number of esters is 1. The first-order valence-corrected chi connectivity index (χ1v) is 5.48. The number of nitrogens with one attached hydrogen (secondary N) is 1. The van der Waals surface area contributed by atoms with Gasteiger partial charge in [-0.2, -0.15) is 0 Å². The van der Waals surface area contributed by atoms with Crippen molar-refractivity contribution in [2.75, 3.05) is 12.3 Å². The van der Waals surface area contributed by atoms with Crippen molar-refractivity contribution in [3.05, 3.63) is 28.8 Å². The normalized spacial score (nSPS) is 18.9. The third-order valence-corrected chi connectivity index (χ3v) is 2.73. The van der Waals surface area contributed by atoms with E-state index in [0.29, 0.717) is 23.6 Å². The summed E-state index contributed by atoms with van der Waals surface area (Å²) in [6, 6.07) is 3.99. The van der Waals surface area contributed by atoms with Gasteiger partial charge in [0.25, 0.3) is 5.91 Å². The Bertz CT molecular complexity index is 476. The molecule has 1 fully saturated rings. The molecule has 0 saturated carbocycles. The van der Waals surface area contributed by atoms with Gasteiger partial charge >= 0.3 is 5.97 Å². The van der Waals surface area contributed by atoms with Gasteiger partial charge in [-0.1, -0.05) is 11.6 Å². The topological polar surface area (TPSA) is 81.4 Å². The summed E-state index contributed by atoms with van der Waals surface area (Å²) < 4.78 is 4.75. The van der Waals surface area contributed by atoms with Gasteiger partial charge in [-0.15, -0.1) is 0 Å². The second kappa shape index (κ2) is 4.63. The number of nitrogen functional groups attached to an aromatic ring is 1. The predicted molar refractivity (Wildman–Crippen MR) is 62.7 cm³/mol. The minimum atomic E-state index is -0.586. The standard InChI is InChI=1S/C11H11ClN2O3/c12-6-1-2-7(8(13)5-6)10(15)14-9-3-4-17-11(9)16/h1-2,5,9H,3-4,13H2,(H,14,15)/t9-/m0/s1. The highest BCUT2D eigenvalue weighted by molar-refractivity contribution is 6.31. The van der Waals surface area contributed by atoms with E-state index in [2.05, 4.69) is 5.32 Å². The summed E-state index contributed by atoms with van der Waals surface area (Å²) in [6.07, 6.45) is 0.484. The Morgan fingerprint density at radius 3 is 2.88 bits per heavy atom. The van der Waals surface area contributed by atoms with Gasteiger partial charge in [-0.3, -0.25) is 4.79 Å². The summed E-state index contributed by atoms with van der Waals surface area (Å²) in [7, 11) is 0. The number of amides is 1. The van der Waals surface area contributed by atoms with Gasteiger partial charge < -0.3 is 15.8 Å². The lowest BCUT2D eigenvalue weighted by Crippen LogP contribution is -2.38. The van der Waals surface area contributed by atoms with Crippen LogP contribution in [-0.4, -0.2) is 24.5 Å². The zero-order valence-electron chi connectivity index (χ0n) is 8.90. The van der Waals surface area contributed by atoms with Gasteiger partial charge in [0.05, 0.1) is 12.2 Å². The van der Waals surface area contributed by atoms with Gasteiger partial charge in [0.15, 0.2) is 0 Å². The third kappa shape index (κ3) is 2.50. The van der Waals surface area contributed by atoms with Gasteiger partial charge in [0.2, 0.25) is 0 Å². The summed E-state index contributed by atoms with van der Waals surface area (Å²) in [5.41, 5.74) is 6.25. The highest BCUT2D eigenvalue weighted by Crippen LogP contribution is 2.18. The van der Waals surface area contributed by atoms with Gasteiger partial charge in [0.1, 0.15) is 6.04 Å². The number of anilines is 1. The molecule has 1 atom stereocenters. The summed E-state index contributed by atoms with van der Waals surface area (Å²) in [6.45, 7) is 0.333. The van der Waals surface area contributed by atoms with Crippen molar-refractivity contribution in [2.24, 2.45) is 0 Å². The Morgan fingerprint density at radius 1 is 1.53 bits per heavy atom. The van der Waals surface area contributed by atoms with E-state index >= 15 is 0 Å². The number of nitrogens with two attached hydrogens (primary N) is 1. The summed E-state index contributed by atoms with van der Waals surface area (Å²) in [5.74, 6) is -0.811. The van der Waals surface area contributed by atoms with Crippen molar-refractivity contribution in [1.82, 2.24) is 5.32 Å². The van der Waals surface area contributed by atoms with Gasteiger partial charge in [-0.05, 0) is 18.2 Å². The third-order valence-electron chi connectivity index (χ3n) is 2.50. The zero-order valence-corrected chi connectivity index (χ0v) is 9.66. The maximum Gasteiger partial charge on any atom is 0.328 e. The molecule has 0 radical (unpaired) electrons. The average molecular weight is 255 g/mol. The van der Waals surface area contributed by atoms with Crippen LogP contribution in [0.4, 0.5) is 5.69 Å². The molecule has 90 valence electrons. The highest BCUT2D eigenvalue weighted by atomic mass is 35.5. The van der Waals surface area contributed by atoms with Crippen LogP contribution in [0.2, 0.25) is 5.02 Å². The van der Waals surface area contributed by atoms with Crippen LogP contribution in [0.15, 0.2) is 18.2 Å². The van der Waals surface area contributed by atoms with Crippen molar-refractivity contribution in [2.45, 2.75) is 12.5 Å². The van der Waals surface area contributed by atoms with Crippen molar-refractivity contribution < 1.29 is 14.3 Å². The first kappa shape index (κ1) is 11.7. The largest absolute Gasteiger partial charge is 0.464 e. The Balaban J connectivity index is 2.11. The molecule has 0 unspecified atom stereocenters. The maximum atomic E-state index is 11.8. The summed E-state index contributed by atoms with van der Waals surface area (Å²) in [5, 5.41) is 3.03. The molecule has 0 aliphatic carbocycles. The van der Waals surface area contributed by atoms with E-state index in [1.807, 2.05) is 0 Å². The number of halogens is 1. The van der Waals surface area contributed by atoms with Crippen LogP contribution in [0.1, 0.15) is 16.8 Å². The van der Waals surface area contributed by atoms with Crippen LogP contribution in [0.25, 0.3) is 0 Å². The maximum absolute atomic E-state index is 11.8. The SMILES string of the molecule is Nc1cc(Cl)ccc1C(=O)N[C@H]1CCOC1=O. The van der Waals surface area contributed by atoms with Crippen molar-refractivity contribution >= 4 is 29.2 Å². The molecule has 3 N–H and O–H groups in total. The molecule has 1 aromatic rings. The van der Waals surface area contributed by atoms with Crippen LogP contribution in [-0.2, 0) is 9.53 Å². The van der Waals surface area contributed by atoms with E-state index in [0.717, 1.165) is 0 Å². The van der Waals surface area contributed by atoms with Crippen LogP contribution >= 0.6 is 11.6 Å². The monoisotopic (exact) mass is 254 g/mol. The molecule has 0 bridgehead atoms.